The van der Waals surface area contributed by atoms with Crippen LogP contribution in [-0.2, 0) is 13.1 Å². The molecule has 1 aliphatic heterocycles. The van der Waals surface area contributed by atoms with E-state index in [4.69, 9.17) is 0 Å². The molecule has 0 aliphatic carbocycles. The number of fused-ring (bicyclic) bond motifs is 1. The summed E-state index contributed by atoms with van der Waals surface area (Å²) < 4.78 is 12.9. The number of aromatic nitrogens is 2. The van der Waals surface area contributed by atoms with E-state index in [0.29, 0.717) is 24.6 Å². The van der Waals surface area contributed by atoms with Gasteiger partial charge < -0.3 is 9.80 Å². The lowest BCUT2D eigenvalue weighted by molar-refractivity contribution is 0.0766. The van der Waals surface area contributed by atoms with E-state index in [2.05, 4.69) is 9.97 Å². The second-order valence-corrected chi connectivity index (χ2v) is 5.21. The van der Waals surface area contributed by atoms with Gasteiger partial charge in [0.2, 0.25) is 5.95 Å². The molecule has 0 saturated carbocycles. The van der Waals surface area contributed by atoms with Crippen molar-refractivity contribution in [1.29, 1.82) is 0 Å². The minimum atomic E-state index is -0.281. The van der Waals surface area contributed by atoms with Gasteiger partial charge in [0.15, 0.2) is 0 Å². The summed E-state index contributed by atoms with van der Waals surface area (Å²) in [4.78, 5) is 24.4. The summed E-state index contributed by atoms with van der Waals surface area (Å²) >= 11 is 0. The molecular weight excluding hydrogens is 271 g/mol. The van der Waals surface area contributed by atoms with Gasteiger partial charge in [-0.05, 0) is 17.7 Å². The summed E-state index contributed by atoms with van der Waals surface area (Å²) in [6, 6.07) is 6.16. The average molecular weight is 286 g/mol. The van der Waals surface area contributed by atoms with Crippen LogP contribution in [0.3, 0.4) is 0 Å². The van der Waals surface area contributed by atoms with Gasteiger partial charge in [0.25, 0.3) is 5.91 Å². The van der Waals surface area contributed by atoms with E-state index in [-0.39, 0.29) is 11.7 Å². The first-order chi connectivity index (χ1) is 10.0. The molecule has 3 rings (SSSR count). The second kappa shape index (κ2) is 5.12. The molecule has 0 fully saturated rings. The highest BCUT2D eigenvalue weighted by Crippen LogP contribution is 2.23. The maximum absolute atomic E-state index is 12.9. The van der Waals surface area contributed by atoms with Crippen molar-refractivity contribution in [3.05, 3.63) is 53.1 Å². The van der Waals surface area contributed by atoms with Crippen LogP contribution < -0.4 is 4.90 Å². The van der Waals surface area contributed by atoms with Gasteiger partial charge in [0.05, 0.1) is 17.8 Å². The third-order valence-corrected chi connectivity index (χ3v) is 3.40. The van der Waals surface area contributed by atoms with Crippen LogP contribution in [0, 0.1) is 5.82 Å². The van der Waals surface area contributed by atoms with E-state index < -0.39 is 0 Å². The van der Waals surface area contributed by atoms with E-state index in [1.54, 1.807) is 28.1 Å². The first-order valence-corrected chi connectivity index (χ1v) is 6.61. The number of halogens is 1. The number of anilines is 1. The number of benzene rings is 1. The monoisotopic (exact) mass is 286 g/mol. The largest absolute Gasteiger partial charge is 0.347 e. The molecule has 5 nitrogen and oxygen atoms in total. The highest BCUT2D eigenvalue weighted by Gasteiger charge is 2.29. The lowest BCUT2D eigenvalue weighted by Crippen LogP contribution is -2.23. The number of amides is 1. The Labute approximate surface area is 122 Å². The molecule has 6 heteroatoms. The molecule has 0 bridgehead atoms. The SMILES string of the molecule is CN(C)c1ncc2c(n1)CN(Cc1ccc(F)cc1)C2=O. The third-order valence-electron chi connectivity index (χ3n) is 3.40. The molecule has 0 N–H and O–H groups in total. The zero-order valence-corrected chi connectivity index (χ0v) is 11.9. The van der Waals surface area contributed by atoms with Crippen LogP contribution in [0.2, 0.25) is 0 Å². The Hall–Kier alpha value is -2.50. The molecule has 0 saturated heterocycles. The second-order valence-electron chi connectivity index (χ2n) is 5.21. The third kappa shape index (κ3) is 2.56. The van der Waals surface area contributed by atoms with Gasteiger partial charge in [0.1, 0.15) is 5.82 Å². The van der Waals surface area contributed by atoms with Crippen molar-refractivity contribution in [3.8, 4) is 0 Å². The lowest BCUT2D eigenvalue weighted by atomic mass is 10.2. The summed E-state index contributed by atoms with van der Waals surface area (Å²) in [5, 5.41) is 0. The average Bonchev–Trinajstić information content (AvgIpc) is 2.77. The Morgan fingerprint density at radius 2 is 2.00 bits per heavy atom. The molecule has 1 aromatic carbocycles. The Balaban J connectivity index is 1.81. The van der Waals surface area contributed by atoms with Gasteiger partial charge in [-0.1, -0.05) is 12.1 Å². The van der Waals surface area contributed by atoms with Gasteiger partial charge >= 0.3 is 0 Å². The van der Waals surface area contributed by atoms with Crippen molar-refractivity contribution in [2.24, 2.45) is 0 Å². The predicted octanol–water partition coefficient (Wildman–Crippen LogP) is 1.84. The van der Waals surface area contributed by atoms with Gasteiger partial charge in [-0.2, -0.15) is 0 Å². The maximum atomic E-state index is 12.9. The number of nitrogens with zero attached hydrogens (tertiary/aromatic N) is 4. The van der Waals surface area contributed by atoms with Gasteiger partial charge in [0, 0.05) is 26.8 Å². The predicted molar refractivity (Wildman–Crippen MR) is 76.3 cm³/mol. The molecular formula is C15H15FN4O. The van der Waals surface area contributed by atoms with Crippen molar-refractivity contribution in [3.63, 3.8) is 0 Å². The Bertz CT molecular complexity index is 685. The zero-order valence-electron chi connectivity index (χ0n) is 11.9. The molecule has 108 valence electrons. The molecule has 2 heterocycles. The highest BCUT2D eigenvalue weighted by molar-refractivity contribution is 5.97. The zero-order chi connectivity index (χ0) is 15.0. The fourth-order valence-corrected chi connectivity index (χ4v) is 2.28. The number of rotatable bonds is 3. The minimum Gasteiger partial charge on any atom is -0.347 e. The normalized spacial score (nSPS) is 13.5. The minimum absolute atomic E-state index is 0.0837. The molecule has 2 aromatic rings. The van der Waals surface area contributed by atoms with Crippen LogP contribution in [0.5, 0.6) is 0 Å². The van der Waals surface area contributed by atoms with E-state index in [9.17, 15) is 9.18 Å². The van der Waals surface area contributed by atoms with Gasteiger partial charge in [-0.15, -0.1) is 0 Å². The maximum Gasteiger partial charge on any atom is 0.258 e. The van der Waals surface area contributed by atoms with Crippen molar-refractivity contribution >= 4 is 11.9 Å². The van der Waals surface area contributed by atoms with Crippen molar-refractivity contribution in [2.75, 3.05) is 19.0 Å². The molecule has 0 spiro atoms. The molecule has 0 radical (unpaired) electrons. The summed E-state index contributed by atoms with van der Waals surface area (Å²) in [5.41, 5.74) is 2.17. The molecule has 21 heavy (non-hydrogen) atoms. The Morgan fingerprint density at radius 1 is 1.29 bits per heavy atom. The Kier molecular flexibility index (Phi) is 3.29. The summed E-state index contributed by atoms with van der Waals surface area (Å²) in [6.45, 7) is 0.891. The van der Waals surface area contributed by atoms with Crippen molar-refractivity contribution < 1.29 is 9.18 Å². The van der Waals surface area contributed by atoms with E-state index in [1.165, 1.54) is 12.1 Å². The highest BCUT2D eigenvalue weighted by atomic mass is 19.1. The van der Waals surface area contributed by atoms with Crippen LogP contribution in [0.25, 0.3) is 0 Å². The fourth-order valence-electron chi connectivity index (χ4n) is 2.28. The molecule has 1 aromatic heterocycles. The van der Waals surface area contributed by atoms with Crippen LogP contribution in [0.4, 0.5) is 10.3 Å². The fraction of sp³-hybridized carbons (Fsp3) is 0.267. The summed E-state index contributed by atoms with van der Waals surface area (Å²) in [5.74, 6) is 0.223. The molecule has 0 atom stereocenters. The summed E-state index contributed by atoms with van der Waals surface area (Å²) in [7, 11) is 3.71. The lowest BCUT2D eigenvalue weighted by Gasteiger charge is -2.15. The number of carbonyl (C=O) groups is 1. The molecule has 0 unspecified atom stereocenters. The molecule has 1 amide bonds. The van der Waals surface area contributed by atoms with E-state index in [1.807, 2.05) is 14.1 Å². The number of hydrogen-bond donors (Lipinski definition) is 0. The van der Waals surface area contributed by atoms with E-state index >= 15 is 0 Å². The van der Waals surface area contributed by atoms with Crippen molar-refractivity contribution in [2.45, 2.75) is 13.1 Å². The van der Waals surface area contributed by atoms with E-state index in [0.717, 1.165) is 11.3 Å². The van der Waals surface area contributed by atoms with Crippen LogP contribution in [-0.4, -0.2) is 34.9 Å². The number of hydrogen-bond acceptors (Lipinski definition) is 4. The van der Waals surface area contributed by atoms with Crippen LogP contribution >= 0.6 is 0 Å². The standard InChI is InChI=1S/C15H15FN4O/c1-19(2)15-17-7-12-13(18-15)9-20(14(12)21)8-10-3-5-11(16)6-4-10/h3-7H,8-9H2,1-2H3. The topological polar surface area (TPSA) is 49.3 Å². The number of carbonyl (C=O) groups excluding carboxylic acids is 1. The van der Waals surface area contributed by atoms with Crippen LogP contribution in [0.15, 0.2) is 30.5 Å². The quantitative estimate of drug-likeness (QED) is 0.864. The first-order valence-electron chi connectivity index (χ1n) is 6.61. The Morgan fingerprint density at radius 3 is 2.67 bits per heavy atom. The molecule has 1 aliphatic rings. The smallest absolute Gasteiger partial charge is 0.258 e. The van der Waals surface area contributed by atoms with Crippen molar-refractivity contribution in [1.82, 2.24) is 14.9 Å². The van der Waals surface area contributed by atoms with Gasteiger partial charge in [-0.3, -0.25) is 4.79 Å². The summed E-state index contributed by atoms with van der Waals surface area (Å²) in [6.07, 6.45) is 1.57. The first kappa shape index (κ1) is 13.5. The van der Waals surface area contributed by atoms with Gasteiger partial charge in [-0.25, -0.2) is 14.4 Å². The van der Waals surface area contributed by atoms with Crippen LogP contribution in [0.1, 0.15) is 21.6 Å².